The third kappa shape index (κ3) is 4.88. The van der Waals surface area contributed by atoms with Crippen molar-refractivity contribution in [3.05, 3.63) is 18.2 Å². The number of nitrogens with one attached hydrogen (secondary N) is 1. The van der Waals surface area contributed by atoms with Crippen molar-refractivity contribution in [2.24, 2.45) is 0 Å². The molecule has 98 valence electrons. The Balaban J connectivity index is 2.24. The lowest BCUT2D eigenvalue weighted by atomic mass is 10.3. The molecule has 1 aromatic heterocycles. The normalized spacial score (nSPS) is 11.6. The lowest BCUT2D eigenvalue weighted by Gasteiger charge is -2.20. The molecule has 0 aliphatic rings. The minimum absolute atomic E-state index is 0.610. The molecule has 0 atom stereocenters. The molecule has 0 aliphatic heterocycles. The van der Waals surface area contributed by atoms with Gasteiger partial charge in [0, 0.05) is 38.1 Å². The van der Waals surface area contributed by atoms with Crippen LogP contribution in [0.3, 0.4) is 0 Å². The molecular formula is C13H26N4. The first-order valence-corrected chi connectivity index (χ1v) is 6.56. The first-order valence-electron chi connectivity index (χ1n) is 6.56. The predicted octanol–water partition coefficient (Wildman–Crippen LogP) is 1.72. The van der Waals surface area contributed by atoms with Crippen molar-refractivity contribution in [3.8, 4) is 0 Å². The van der Waals surface area contributed by atoms with Crippen LogP contribution in [0, 0.1) is 0 Å². The minimum Gasteiger partial charge on any atom is -0.334 e. The third-order valence-corrected chi connectivity index (χ3v) is 3.07. The average molecular weight is 238 g/mol. The quantitative estimate of drug-likeness (QED) is 0.700. The van der Waals surface area contributed by atoms with Crippen molar-refractivity contribution >= 4 is 0 Å². The molecule has 4 nitrogen and oxygen atoms in total. The van der Waals surface area contributed by atoms with Gasteiger partial charge in [-0.25, -0.2) is 4.98 Å². The van der Waals surface area contributed by atoms with E-state index in [0.29, 0.717) is 6.04 Å². The van der Waals surface area contributed by atoms with Gasteiger partial charge >= 0.3 is 0 Å². The Morgan fingerprint density at radius 1 is 1.47 bits per heavy atom. The van der Waals surface area contributed by atoms with E-state index in [0.717, 1.165) is 38.4 Å². The molecule has 1 aromatic rings. The van der Waals surface area contributed by atoms with Crippen LogP contribution in [0.1, 0.15) is 33.0 Å². The van der Waals surface area contributed by atoms with Gasteiger partial charge in [0.1, 0.15) is 5.82 Å². The highest BCUT2D eigenvalue weighted by Gasteiger charge is 2.03. The largest absolute Gasteiger partial charge is 0.334 e. The van der Waals surface area contributed by atoms with E-state index in [1.165, 1.54) is 0 Å². The van der Waals surface area contributed by atoms with Crippen LogP contribution >= 0.6 is 0 Å². The smallest absolute Gasteiger partial charge is 0.122 e. The van der Waals surface area contributed by atoms with E-state index in [1.807, 2.05) is 6.20 Å². The number of aryl methyl sites for hydroxylation is 1. The number of imidazole rings is 1. The van der Waals surface area contributed by atoms with Crippen LogP contribution in [0.4, 0.5) is 0 Å². The Morgan fingerprint density at radius 3 is 2.88 bits per heavy atom. The van der Waals surface area contributed by atoms with Crippen molar-refractivity contribution in [2.45, 2.75) is 46.3 Å². The molecule has 1 heterocycles. The van der Waals surface area contributed by atoms with Crippen LogP contribution in [0.2, 0.25) is 0 Å². The van der Waals surface area contributed by atoms with Gasteiger partial charge in [-0.05, 0) is 27.3 Å². The summed E-state index contributed by atoms with van der Waals surface area (Å²) in [6.45, 7) is 10.6. The van der Waals surface area contributed by atoms with Crippen molar-refractivity contribution in [1.29, 1.82) is 0 Å². The highest BCUT2D eigenvalue weighted by Crippen LogP contribution is 1.99. The molecule has 0 radical (unpaired) electrons. The van der Waals surface area contributed by atoms with Crippen LogP contribution in [-0.2, 0) is 13.1 Å². The zero-order valence-corrected chi connectivity index (χ0v) is 11.6. The van der Waals surface area contributed by atoms with Crippen LogP contribution in [0.5, 0.6) is 0 Å². The van der Waals surface area contributed by atoms with Gasteiger partial charge in [0.05, 0.1) is 6.54 Å². The maximum atomic E-state index is 4.37. The summed E-state index contributed by atoms with van der Waals surface area (Å²) in [6, 6.07) is 0.610. The molecule has 0 unspecified atom stereocenters. The van der Waals surface area contributed by atoms with Crippen molar-refractivity contribution < 1.29 is 0 Å². The first kappa shape index (κ1) is 14.2. The second-order valence-corrected chi connectivity index (χ2v) is 4.79. The van der Waals surface area contributed by atoms with Gasteiger partial charge in [0.15, 0.2) is 0 Å². The van der Waals surface area contributed by atoms with Gasteiger partial charge in [-0.2, -0.15) is 0 Å². The maximum Gasteiger partial charge on any atom is 0.122 e. The fourth-order valence-electron chi connectivity index (χ4n) is 1.67. The number of aromatic nitrogens is 2. The van der Waals surface area contributed by atoms with Gasteiger partial charge in [0.25, 0.3) is 0 Å². The molecular weight excluding hydrogens is 212 g/mol. The first-order chi connectivity index (χ1) is 8.15. The van der Waals surface area contributed by atoms with E-state index in [2.05, 4.69) is 53.8 Å². The Labute approximate surface area is 105 Å². The van der Waals surface area contributed by atoms with Crippen molar-refractivity contribution in [3.63, 3.8) is 0 Å². The minimum atomic E-state index is 0.610. The number of hydrogen-bond donors (Lipinski definition) is 1. The highest BCUT2D eigenvalue weighted by atomic mass is 15.1. The summed E-state index contributed by atoms with van der Waals surface area (Å²) in [4.78, 5) is 6.71. The van der Waals surface area contributed by atoms with Crippen molar-refractivity contribution in [2.75, 3.05) is 20.1 Å². The molecule has 1 N–H and O–H groups in total. The average Bonchev–Trinajstić information content (AvgIpc) is 2.72. The lowest BCUT2D eigenvalue weighted by Crippen LogP contribution is -2.33. The topological polar surface area (TPSA) is 33.1 Å². The van der Waals surface area contributed by atoms with E-state index < -0.39 is 0 Å². The van der Waals surface area contributed by atoms with Gasteiger partial charge in [-0.15, -0.1) is 0 Å². The fraction of sp³-hybridized carbons (Fsp3) is 0.769. The number of rotatable bonds is 8. The Hall–Kier alpha value is -0.870. The van der Waals surface area contributed by atoms with Crippen molar-refractivity contribution in [1.82, 2.24) is 19.8 Å². The summed E-state index contributed by atoms with van der Waals surface area (Å²) in [6.07, 6.45) is 5.09. The molecule has 0 aromatic carbocycles. The summed E-state index contributed by atoms with van der Waals surface area (Å²) in [5.74, 6) is 1.14. The molecule has 0 amide bonds. The molecule has 17 heavy (non-hydrogen) atoms. The molecule has 1 rings (SSSR count). The number of nitrogens with zero attached hydrogens (tertiary/aromatic N) is 3. The molecule has 0 spiro atoms. The SMILES string of the molecule is CCCn1ccnc1CNCCN(C)C(C)C. The monoisotopic (exact) mass is 238 g/mol. The Kier molecular flexibility index (Phi) is 6.22. The summed E-state index contributed by atoms with van der Waals surface area (Å²) in [5, 5.41) is 3.45. The highest BCUT2D eigenvalue weighted by molar-refractivity contribution is 4.91. The van der Waals surface area contributed by atoms with Gasteiger partial charge < -0.3 is 14.8 Å². The van der Waals surface area contributed by atoms with Gasteiger partial charge in [-0.1, -0.05) is 6.92 Å². The fourth-order valence-corrected chi connectivity index (χ4v) is 1.67. The second kappa shape index (κ2) is 7.45. The zero-order valence-electron chi connectivity index (χ0n) is 11.6. The second-order valence-electron chi connectivity index (χ2n) is 4.79. The van der Waals surface area contributed by atoms with Crippen LogP contribution in [0.15, 0.2) is 12.4 Å². The van der Waals surface area contributed by atoms with E-state index in [1.54, 1.807) is 0 Å². The number of hydrogen-bond acceptors (Lipinski definition) is 3. The van der Waals surface area contributed by atoms with E-state index in [9.17, 15) is 0 Å². The maximum absolute atomic E-state index is 4.37. The molecule has 0 saturated carbocycles. The standard InChI is InChI=1S/C13H26N4/c1-5-8-17-10-7-15-13(17)11-14-6-9-16(4)12(2)3/h7,10,12,14H,5-6,8-9,11H2,1-4H3. The molecule has 4 heteroatoms. The van der Waals surface area contributed by atoms with E-state index in [-0.39, 0.29) is 0 Å². The van der Waals surface area contributed by atoms with Gasteiger partial charge in [0.2, 0.25) is 0 Å². The van der Waals surface area contributed by atoms with E-state index >= 15 is 0 Å². The molecule has 0 fully saturated rings. The lowest BCUT2D eigenvalue weighted by molar-refractivity contribution is 0.272. The summed E-state index contributed by atoms with van der Waals surface area (Å²) in [5.41, 5.74) is 0. The molecule has 0 aliphatic carbocycles. The van der Waals surface area contributed by atoms with E-state index in [4.69, 9.17) is 0 Å². The summed E-state index contributed by atoms with van der Waals surface area (Å²) in [7, 11) is 2.16. The Morgan fingerprint density at radius 2 is 2.24 bits per heavy atom. The van der Waals surface area contributed by atoms with Crippen LogP contribution < -0.4 is 5.32 Å². The summed E-state index contributed by atoms with van der Waals surface area (Å²) >= 11 is 0. The zero-order chi connectivity index (χ0) is 12.7. The molecule has 0 saturated heterocycles. The van der Waals surface area contributed by atoms with Crippen LogP contribution in [0.25, 0.3) is 0 Å². The molecule has 0 bridgehead atoms. The number of likely N-dealkylation sites (N-methyl/N-ethyl adjacent to an activating group) is 1. The van der Waals surface area contributed by atoms with Gasteiger partial charge in [-0.3, -0.25) is 0 Å². The van der Waals surface area contributed by atoms with Crippen LogP contribution in [-0.4, -0.2) is 40.6 Å². The Bertz CT molecular complexity index is 306. The predicted molar refractivity (Wildman–Crippen MR) is 72.0 cm³/mol. The summed E-state index contributed by atoms with van der Waals surface area (Å²) < 4.78 is 2.22. The third-order valence-electron chi connectivity index (χ3n) is 3.07.